The first-order valence-electron chi connectivity index (χ1n) is 6.79. The molecule has 19 heavy (non-hydrogen) atoms. The fourth-order valence-corrected chi connectivity index (χ4v) is 3.48. The second-order valence-corrected chi connectivity index (χ2v) is 7.54. The molecule has 1 saturated heterocycles. The molecule has 4 heteroatoms. The summed E-state index contributed by atoms with van der Waals surface area (Å²) in [6.45, 7) is 11.1. The van der Waals surface area contributed by atoms with Crippen LogP contribution in [0.4, 0.5) is 0 Å². The summed E-state index contributed by atoms with van der Waals surface area (Å²) in [7, 11) is 0. The van der Waals surface area contributed by atoms with Crippen LogP contribution in [0.3, 0.4) is 0 Å². The smallest absolute Gasteiger partial charge is 0.0454 e. The van der Waals surface area contributed by atoms with Crippen molar-refractivity contribution in [2.24, 2.45) is 5.41 Å². The standard InChI is InChI=1S/C15H22BrClN2/c1-15(2,3)14(19-8-6-18-7-9-19)12-10-11(16)4-5-13(12)17/h4-5,10,14,18H,6-9H2,1-3H3/t14-/m1/s1. The van der Waals surface area contributed by atoms with Gasteiger partial charge in [0.2, 0.25) is 0 Å². The van der Waals surface area contributed by atoms with Gasteiger partial charge in [0.1, 0.15) is 0 Å². The summed E-state index contributed by atoms with van der Waals surface area (Å²) in [5, 5.41) is 4.28. The monoisotopic (exact) mass is 344 g/mol. The number of hydrogen-bond donors (Lipinski definition) is 1. The van der Waals surface area contributed by atoms with E-state index < -0.39 is 0 Å². The third kappa shape index (κ3) is 3.72. The average molecular weight is 346 g/mol. The van der Waals surface area contributed by atoms with Gasteiger partial charge in [-0.25, -0.2) is 0 Å². The second-order valence-electron chi connectivity index (χ2n) is 6.22. The molecule has 0 saturated carbocycles. The molecule has 1 aliphatic rings. The predicted molar refractivity (Wildman–Crippen MR) is 85.8 cm³/mol. The number of nitrogens with one attached hydrogen (secondary N) is 1. The van der Waals surface area contributed by atoms with Crippen LogP contribution in [-0.2, 0) is 0 Å². The van der Waals surface area contributed by atoms with Gasteiger partial charge >= 0.3 is 0 Å². The van der Waals surface area contributed by atoms with Crippen molar-refractivity contribution in [3.63, 3.8) is 0 Å². The molecule has 0 bridgehead atoms. The Labute approximate surface area is 129 Å². The van der Waals surface area contributed by atoms with E-state index >= 15 is 0 Å². The van der Waals surface area contributed by atoms with Gasteiger partial charge in [0.15, 0.2) is 0 Å². The first-order valence-corrected chi connectivity index (χ1v) is 7.96. The number of piperazine rings is 1. The lowest BCUT2D eigenvalue weighted by molar-refractivity contribution is 0.0862. The molecule has 2 rings (SSSR count). The van der Waals surface area contributed by atoms with Crippen LogP contribution in [0.5, 0.6) is 0 Å². The minimum atomic E-state index is 0.155. The molecule has 0 radical (unpaired) electrons. The van der Waals surface area contributed by atoms with Crippen LogP contribution in [0.1, 0.15) is 32.4 Å². The molecule has 0 aliphatic carbocycles. The Morgan fingerprint density at radius 1 is 1.26 bits per heavy atom. The van der Waals surface area contributed by atoms with Gasteiger partial charge < -0.3 is 5.32 Å². The van der Waals surface area contributed by atoms with E-state index in [-0.39, 0.29) is 5.41 Å². The maximum Gasteiger partial charge on any atom is 0.0454 e. The molecular weight excluding hydrogens is 324 g/mol. The number of benzene rings is 1. The Hall–Kier alpha value is -0.0900. The summed E-state index contributed by atoms with van der Waals surface area (Å²) in [4.78, 5) is 2.55. The van der Waals surface area contributed by atoms with Crippen molar-refractivity contribution in [3.8, 4) is 0 Å². The highest BCUT2D eigenvalue weighted by Gasteiger charge is 2.33. The zero-order valence-corrected chi connectivity index (χ0v) is 14.2. The topological polar surface area (TPSA) is 15.3 Å². The molecule has 1 aromatic carbocycles. The average Bonchev–Trinajstić information content (AvgIpc) is 2.33. The van der Waals surface area contributed by atoms with Crippen LogP contribution in [0.15, 0.2) is 22.7 Å². The van der Waals surface area contributed by atoms with Crippen LogP contribution in [0, 0.1) is 5.41 Å². The number of rotatable bonds is 2. The molecule has 1 N–H and O–H groups in total. The summed E-state index contributed by atoms with van der Waals surface area (Å²) in [5.41, 5.74) is 1.38. The van der Waals surface area contributed by atoms with Gasteiger partial charge in [-0.2, -0.15) is 0 Å². The molecule has 0 amide bonds. The van der Waals surface area contributed by atoms with Crippen LogP contribution >= 0.6 is 27.5 Å². The number of halogens is 2. The Bertz CT molecular complexity index is 436. The lowest BCUT2D eigenvalue weighted by Crippen LogP contribution is -2.48. The largest absolute Gasteiger partial charge is 0.314 e. The highest BCUT2D eigenvalue weighted by atomic mass is 79.9. The normalized spacial score (nSPS) is 19.4. The maximum atomic E-state index is 6.45. The Morgan fingerprint density at radius 3 is 2.47 bits per heavy atom. The molecule has 1 aromatic rings. The summed E-state index contributed by atoms with van der Waals surface area (Å²) in [6.07, 6.45) is 0. The minimum Gasteiger partial charge on any atom is -0.314 e. The number of nitrogens with zero attached hydrogens (tertiary/aromatic N) is 1. The third-order valence-electron chi connectivity index (χ3n) is 3.59. The van der Waals surface area contributed by atoms with Crippen molar-refractivity contribution in [1.82, 2.24) is 10.2 Å². The Balaban J connectivity index is 2.39. The summed E-state index contributed by atoms with van der Waals surface area (Å²) < 4.78 is 1.09. The Kier molecular flexibility index (Phi) is 4.93. The molecule has 0 aromatic heterocycles. The SMILES string of the molecule is CC(C)(C)[C@@H](c1cc(Br)ccc1Cl)N1CCNCC1. The molecule has 0 unspecified atom stereocenters. The highest BCUT2D eigenvalue weighted by molar-refractivity contribution is 9.10. The fourth-order valence-electron chi connectivity index (χ4n) is 2.88. The van der Waals surface area contributed by atoms with Crippen LogP contribution in [0.2, 0.25) is 5.02 Å². The van der Waals surface area contributed by atoms with Gasteiger partial charge in [-0.15, -0.1) is 0 Å². The summed E-state index contributed by atoms with van der Waals surface area (Å²) in [6, 6.07) is 6.51. The fraction of sp³-hybridized carbons (Fsp3) is 0.600. The molecule has 2 nitrogen and oxygen atoms in total. The van der Waals surface area contributed by atoms with Gasteiger partial charge in [0.25, 0.3) is 0 Å². The van der Waals surface area contributed by atoms with Crippen molar-refractivity contribution < 1.29 is 0 Å². The van der Waals surface area contributed by atoms with Gasteiger partial charge in [-0.1, -0.05) is 48.3 Å². The van der Waals surface area contributed by atoms with E-state index in [2.05, 4.69) is 53.0 Å². The van der Waals surface area contributed by atoms with Gasteiger partial charge in [-0.3, -0.25) is 4.90 Å². The first kappa shape index (κ1) is 15.3. The zero-order valence-electron chi connectivity index (χ0n) is 11.8. The van der Waals surface area contributed by atoms with Crippen molar-refractivity contribution in [2.75, 3.05) is 26.2 Å². The van der Waals surface area contributed by atoms with E-state index in [9.17, 15) is 0 Å². The van der Waals surface area contributed by atoms with E-state index in [1.165, 1.54) is 5.56 Å². The van der Waals surface area contributed by atoms with Gasteiger partial charge in [-0.05, 0) is 29.2 Å². The number of hydrogen-bond acceptors (Lipinski definition) is 2. The second kappa shape index (κ2) is 6.13. The molecule has 106 valence electrons. The highest BCUT2D eigenvalue weighted by Crippen LogP contribution is 2.41. The molecule has 0 spiro atoms. The van der Waals surface area contributed by atoms with Gasteiger partial charge in [0, 0.05) is 41.7 Å². The van der Waals surface area contributed by atoms with Crippen LogP contribution in [-0.4, -0.2) is 31.1 Å². The lowest BCUT2D eigenvalue weighted by Gasteiger charge is -2.43. The summed E-state index contributed by atoms with van der Waals surface area (Å²) >= 11 is 10.0. The third-order valence-corrected chi connectivity index (χ3v) is 4.43. The quantitative estimate of drug-likeness (QED) is 0.868. The van der Waals surface area contributed by atoms with Crippen LogP contribution < -0.4 is 5.32 Å². The zero-order chi connectivity index (χ0) is 14.0. The maximum absolute atomic E-state index is 6.45. The van der Waals surface area contributed by atoms with Crippen LogP contribution in [0.25, 0.3) is 0 Å². The molecule has 1 aliphatic heterocycles. The van der Waals surface area contributed by atoms with E-state index in [0.29, 0.717) is 6.04 Å². The van der Waals surface area contributed by atoms with E-state index in [0.717, 1.165) is 35.7 Å². The molecular formula is C15H22BrClN2. The lowest BCUT2D eigenvalue weighted by atomic mass is 9.81. The van der Waals surface area contributed by atoms with E-state index in [1.54, 1.807) is 0 Å². The first-order chi connectivity index (χ1) is 8.89. The Morgan fingerprint density at radius 2 is 1.89 bits per heavy atom. The van der Waals surface area contributed by atoms with Crippen molar-refractivity contribution >= 4 is 27.5 Å². The van der Waals surface area contributed by atoms with Crippen molar-refractivity contribution in [1.29, 1.82) is 0 Å². The van der Waals surface area contributed by atoms with E-state index in [1.807, 2.05) is 12.1 Å². The minimum absolute atomic E-state index is 0.155. The predicted octanol–water partition coefficient (Wildman–Crippen LogP) is 4.09. The van der Waals surface area contributed by atoms with Crippen molar-refractivity contribution in [3.05, 3.63) is 33.3 Å². The summed E-state index contributed by atoms with van der Waals surface area (Å²) in [5.74, 6) is 0. The van der Waals surface area contributed by atoms with Gasteiger partial charge in [0.05, 0.1) is 0 Å². The molecule has 1 fully saturated rings. The molecule has 1 atom stereocenters. The van der Waals surface area contributed by atoms with E-state index in [4.69, 9.17) is 11.6 Å². The molecule has 1 heterocycles. The van der Waals surface area contributed by atoms with Crippen molar-refractivity contribution in [2.45, 2.75) is 26.8 Å².